The van der Waals surface area contributed by atoms with E-state index in [9.17, 15) is 8.78 Å². The Bertz CT molecular complexity index is 1240. The van der Waals surface area contributed by atoms with Crippen molar-refractivity contribution in [2.75, 3.05) is 0 Å². The number of hydrogen-bond acceptors (Lipinski definition) is 2. The lowest BCUT2D eigenvalue weighted by Crippen LogP contribution is -2.27. The third-order valence-corrected chi connectivity index (χ3v) is 7.93. The molecule has 0 fully saturated rings. The summed E-state index contributed by atoms with van der Waals surface area (Å²) in [6.45, 7) is 6.57. The lowest BCUT2D eigenvalue weighted by Gasteiger charge is -2.32. The van der Waals surface area contributed by atoms with Gasteiger partial charge in [-0.1, -0.05) is 78.6 Å². The Morgan fingerprint density at radius 1 is 1.03 bits per heavy atom. The number of rotatable bonds is 4. The monoisotopic (exact) mass is 554 g/mol. The fourth-order valence-corrected chi connectivity index (χ4v) is 5.40. The van der Waals surface area contributed by atoms with Gasteiger partial charge >= 0.3 is 0 Å². The minimum atomic E-state index is -0.471. The molecule has 0 aliphatic carbocycles. The molecule has 1 aliphatic heterocycles. The lowest BCUT2D eigenvalue weighted by molar-refractivity contribution is 0.473. The van der Waals surface area contributed by atoms with Gasteiger partial charge in [-0.2, -0.15) is 0 Å². The Kier molecular flexibility index (Phi) is 9.88. The van der Waals surface area contributed by atoms with Gasteiger partial charge in [0.15, 0.2) is 5.16 Å². The number of benzene rings is 2. The van der Waals surface area contributed by atoms with Crippen molar-refractivity contribution in [1.29, 1.82) is 0 Å². The van der Waals surface area contributed by atoms with E-state index in [0.29, 0.717) is 35.2 Å². The molecule has 35 heavy (non-hydrogen) atoms. The highest BCUT2D eigenvalue weighted by atomic mass is 35.5. The van der Waals surface area contributed by atoms with Gasteiger partial charge in [-0.3, -0.25) is 0 Å². The van der Waals surface area contributed by atoms with E-state index in [1.807, 2.05) is 32.2 Å². The molecule has 2 nitrogen and oxygen atoms in total. The first-order valence-electron chi connectivity index (χ1n) is 11.4. The number of hydrogen-bond donors (Lipinski definition) is 0. The van der Waals surface area contributed by atoms with Crippen LogP contribution in [-0.4, -0.2) is 9.55 Å². The van der Waals surface area contributed by atoms with Crippen molar-refractivity contribution in [2.24, 2.45) is 0 Å². The van der Waals surface area contributed by atoms with Gasteiger partial charge in [0.05, 0.1) is 21.3 Å². The average Bonchev–Trinajstić information content (AvgIpc) is 3.26. The molecular formula is C27H27Cl3F2N2S. The Labute approximate surface area is 225 Å². The predicted octanol–water partition coefficient (Wildman–Crippen LogP) is 9.81. The van der Waals surface area contributed by atoms with Gasteiger partial charge in [0.1, 0.15) is 11.6 Å². The normalized spacial score (nSPS) is 20.2. The molecule has 0 N–H and O–H groups in total. The molecule has 3 aromatic rings. The van der Waals surface area contributed by atoms with Gasteiger partial charge in [0, 0.05) is 23.4 Å². The van der Waals surface area contributed by atoms with Crippen LogP contribution >= 0.6 is 46.6 Å². The summed E-state index contributed by atoms with van der Waals surface area (Å²) in [5.74, 6) is -0.135. The number of aromatic nitrogens is 2. The van der Waals surface area contributed by atoms with E-state index in [1.54, 1.807) is 30.4 Å². The summed E-state index contributed by atoms with van der Waals surface area (Å²) >= 11 is 20.0. The lowest BCUT2D eigenvalue weighted by atomic mass is 9.75. The van der Waals surface area contributed by atoms with E-state index >= 15 is 0 Å². The van der Waals surface area contributed by atoms with Gasteiger partial charge in [0.25, 0.3) is 0 Å². The summed E-state index contributed by atoms with van der Waals surface area (Å²) < 4.78 is 29.8. The minimum absolute atomic E-state index is 0.0941. The number of nitrogens with zero attached hydrogens (tertiary/aromatic N) is 2. The summed E-state index contributed by atoms with van der Waals surface area (Å²) in [5.41, 5.74) is 2.40. The molecule has 1 unspecified atom stereocenters. The number of imidazole rings is 1. The number of thioether (sulfide) groups is 1. The van der Waals surface area contributed by atoms with Crippen LogP contribution in [0.15, 0.2) is 71.8 Å². The zero-order chi connectivity index (χ0) is 25.6. The molecule has 2 aromatic carbocycles. The highest BCUT2D eigenvalue weighted by Crippen LogP contribution is 2.41. The van der Waals surface area contributed by atoms with Gasteiger partial charge < -0.3 is 4.57 Å². The third kappa shape index (κ3) is 6.51. The van der Waals surface area contributed by atoms with Crippen molar-refractivity contribution < 1.29 is 8.78 Å². The second kappa shape index (κ2) is 12.4. The molecular weight excluding hydrogens is 529 g/mol. The Morgan fingerprint density at radius 2 is 1.80 bits per heavy atom. The van der Waals surface area contributed by atoms with Crippen LogP contribution in [0.2, 0.25) is 15.1 Å². The Morgan fingerprint density at radius 3 is 2.51 bits per heavy atom. The van der Waals surface area contributed by atoms with Crippen molar-refractivity contribution >= 4 is 46.6 Å². The van der Waals surface area contributed by atoms with E-state index in [2.05, 4.69) is 11.5 Å². The average molecular weight is 556 g/mol. The quantitative estimate of drug-likeness (QED) is 0.298. The van der Waals surface area contributed by atoms with Crippen LogP contribution in [0.5, 0.6) is 0 Å². The van der Waals surface area contributed by atoms with Crippen LogP contribution in [0, 0.1) is 5.82 Å². The van der Waals surface area contributed by atoms with Crippen molar-refractivity contribution in [1.82, 2.24) is 9.55 Å². The number of fused-ring (bicyclic) bond motifs is 1. The highest BCUT2D eigenvalue weighted by molar-refractivity contribution is 7.98. The molecule has 0 radical (unpaired) electrons. The smallest absolute Gasteiger partial charge is 0.168 e. The van der Waals surface area contributed by atoms with Crippen LogP contribution in [-0.2, 0) is 17.7 Å². The first-order chi connectivity index (χ1) is 16.8. The van der Waals surface area contributed by atoms with Gasteiger partial charge in [-0.05, 0) is 67.3 Å². The zero-order valence-electron chi connectivity index (χ0n) is 19.8. The molecule has 0 spiro atoms. The van der Waals surface area contributed by atoms with Crippen LogP contribution in [0.3, 0.4) is 0 Å². The van der Waals surface area contributed by atoms with E-state index < -0.39 is 11.2 Å². The highest BCUT2D eigenvalue weighted by Gasteiger charge is 2.33. The molecule has 4 rings (SSSR count). The molecule has 0 saturated carbocycles. The molecule has 0 saturated heterocycles. The molecule has 0 amide bonds. The van der Waals surface area contributed by atoms with Crippen LogP contribution in [0.25, 0.3) is 0 Å². The minimum Gasteiger partial charge on any atom is -0.318 e. The Hall–Kier alpha value is -1.79. The first-order valence-corrected chi connectivity index (χ1v) is 13.5. The second-order valence-electron chi connectivity index (χ2n) is 8.06. The third-order valence-electron chi connectivity index (χ3n) is 5.84. The van der Waals surface area contributed by atoms with Crippen LogP contribution < -0.4 is 0 Å². The van der Waals surface area contributed by atoms with Crippen molar-refractivity contribution in [3.63, 3.8) is 0 Å². The maximum absolute atomic E-state index is 14.2. The summed E-state index contributed by atoms with van der Waals surface area (Å²) in [5, 5.41) is 1.84. The topological polar surface area (TPSA) is 17.8 Å². The fraction of sp³-hybridized carbons (Fsp3) is 0.296. The summed E-state index contributed by atoms with van der Waals surface area (Å²) in [6.07, 6.45) is 7.96. The Balaban J connectivity index is 0.00000167. The second-order valence-corrected chi connectivity index (χ2v) is 10.2. The van der Waals surface area contributed by atoms with E-state index in [0.717, 1.165) is 22.0 Å². The van der Waals surface area contributed by atoms with E-state index in [4.69, 9.17) is 39.8 Å². The van der Waals surface area contributed by atoms with Gasteiger partial charge in [0.2, 0.25) is 0 Å². The van der Waals surface area contributed by atoms with Gasteiger partial charge in [-0.15, -0.1) is 0 Å². The molecule has 8 heteroatoms. The van der Waals surface area contributed by atoms with Crippen molar-refractivity contribution in [3.8, 4) is 0 Å². The van der Waals surface area contributed by atoms with Crippen molar-refractivity contribution in [3.05, 3.63) is 104 Å². The summed E-state index contributed by atoms with van der Waals surface area (Å²) in [7, 11) is 0. The number of allylic oxidation sites excluding steroid dienone is 4. The molecule has 186 valence electrons. The first kappa shape index (κ1) is 27.8. The van der Waals surface area contributed by atoms with E-state index in [-0.39, 0.29) is 10.8 Å². The van der Waals surface area contributed by atoms with E-state index in [1.165, 1.54) is 23.9 Å². The molecule has 1 aromatic heterocycles. The summed E-state index contributed by atoms with van der Waals surface area (Å²) in [6, 6.07) is 10.3. The van der Waals surface area contributed by atoms with Gasteiger partial charge in [-0.25, -0.2) is 13.8 Å². The van der Waals surface area contributed by atoms with Crippen LogP contribution in [0.1, 0.15) is 50.4 Å². The maximum Gasteiger partial charge on any atom is 0.168 e. The molecule has 1 aliphatic rings. The SMILES string of the molecule is CC.CC1(c2ccc(Cl)c(Cl)c2)CC/C=C(F)\C=C/Cn2c1cnc2SCc1ccc(F)c(Cl)c1. The molecule has 2 heterocycles. The van der Waals surface area contributed by atoms with Crippen LogP contribution in [0.4, 0.5) is 8.78 Å². The fourth-order valence-electron chi connectivity index (χ4n) is 3.97. The standard InChI is InChI=1S/C25H21Cl3F2N2S.C2H6/c1-25(17-7-8-19(26)20(27)13-17)10-2-4-18(29)5-3-11-32-23(25)14-31-24(32)33-15-16-6-9-22(30)21(28)12-16;1-2/h3-9,12-14H,2,10-11,15H2,1H3;1-2H3/b5-3-,18-4+;. The predicted molar refractivity (Wildman–Crippen MR) is 145 cm³/mol. The van der Waals surface area contributed by atoms with Crippen molar-refractivity contribution in [2.45, 2.75) is 56.5 Å². The molecule has 0 bridgehead atoms. The maximum atomic E-state index is 14.2. The largest absolute Gasteiger partial charge is 0.318 e. The number of halogens is 5. The summed E-state index contributed by atoms with van der Waals surface area (Å²) in [4.78, 5) is 4.69. The zero-order valence-corrected chi connectivity index (χ0v) is 22.9. The molecule has 1 atom stereocenters.